The van der Waals surface area contributed by atoms with E-state index in [1.807, 2.05) is 0 Å². The van der Waals surface area contributed by atoms with Crippen molar-refractivity contribution in [3.05, 3.63) is 66.0 Å². The predicted molar refractivity (Wildman–Crippen MR) is 98.8 cm³/mol. The number of nitrogens with zero attached hydrogens (tertiary/aromatic N) is 1. The van der Waals surface area contributed by atoms with E-state index in [1.165, 1.54) is 23.5 Å². The van der Waals surface area contributed by atoms with E-state index in [4.69, 9.17) is 4.74 Å². The molecule has 29 heavy (non-hydrogen) atoms. The normalized spacial score (nSPS) is 28.5. The van der Waals surface area contributed by atoms with Crippen LogP contribution in [0.1, 0.15) is 11.6 Å². The van der Waals surface area contributed by atoms with Crippen molar-refractivity contribution >= 4 is 23.5 Å². The Labute approximate surface area is 166 Å². The van der Waals surface area contributed by atoms with E-state index in [9.17, 15) is 23.9 Å². The second-order valence-electron chi connectivity index (χ2n) is 7.25. The maximum Gasteiger partial charge on any atom is 0.371 e. The average molecular weight is 399 g/mol. The molecule has 4 atom stereocenters. The summed E-state index contributed by atoms with van der Waals surface area (Å²) in [5.74, 6) is -4.73. The van der Waals surface area contributed by atoms with E-state index in [0.717, 1.165) is 12.0 Å². The summed E-state index contributed by atoms with van der Waals surface area (Å²) in [4.78, 5) is 40.4. The van der Waals surface area contributed by atoms with Crippen LogP contribution in [0.2, 0.25) is 0 Å². The number of hydrogen-bond donors (Lipinski definition) is 2. The molecule has 7 nitrogen and oxygen atoms in total. The van der Waals surface area contributed by atoms with Gasteiger partial charge in [-0.15, -0.1) is 0 Å². The maximum absolute atomic E-state index is 14.6. The van der Waals surface area contributed by atoms with E-state index in [1.54, 1.807) is 36.4 Å². The van der Waals surface area contributed by atoms with E-state index < -0.39 is 53.6 Å². The molecule has 0 radical (unpaired) electrons. The Morgan fingerprint density at radius 3 is 2.41 bits per heavy atom. The van der Waals surface area contributed by atoms with Gasteiger partial charge in [-0.25, -0.2) is 14.1 Å². The minimum Gasteiger partial charge on any atom is -0.464 e. The number of methoxy groups -OCH3 is 1. The highest BCUT2D eigenvalue weighted by Crippen LogP contribution is 2.46. The van der Waals surface area contributed by atoms with Gasteiger partial charge in [0, 0.05) is 5.56 Å². The third-order valence-corrected chi connectivity index (χ3v) is 5.88. The summed E-state index contributed by atoms with van der Waals surface area (Å²) in [5.41, 5.74) is -1.18. The Balaban J connectivity index is 1.88. The van der Waals surface area contributed by atoms with Gasteiger partial charge in [-0.3, -0.25) is 9.59 Å². The third-order valence-electron chi connectivity index (χ3n) is 5.88. The van der Waals surface area contributed by atoms with Gasteiger partial charge in [-0.05, 0) is 18.2 Å². The topological polar surface area (TPSA) is 101 Å². The van der Waals surface area contributed by atoms with Crippen LogP contribution in [-0.2, 0) is 19.1 Å². The van der Waals surface area contributed by atoms with Gasteiger partial charge in [0.05, 0.1) is 12.8 Å². The number of ether oxygens (including phenoxy) is 1. The fraction of sp³-hybridized carbons (Fsp3) is 0.286. The maximum atomic E-state index is 14.6. The summed E-state index contributed by atoms with van der Waals surface area (Å²) >= 11 is 0. The minimum absolute atomic E-state index is 0.192. The molecule has 2 aliphatic heterocycles. The molecule has 2 fully saturated rings. The molecule has 0 saturated carbocycles. The molecular formula is C21H20FN2O5+. The number of hydrogen-bond acceptors (Lipinski definition) is 5. The number of anilines is 1. The lowest BCUT2D eigenvalue weighted by atomic mass is 9.79. The first-order chi connectivity index (χ1) is 14.0. The van der Waals surface area contributed by atoms with Gasteiger partial charge in [0.2, 0.25) is 17.4 Å². The highest BCUT2D eigenvalue weighted by atomic mass is 19.1. The van der Waals surface area contributed by atoms with Gasteiger partial charge in [0.15, 0.2) is 0 Å². The zero-order chi connectivity index (χ0) is 20.8. The molecule has 0 aliphatic carbocycles. The van der Waals surface area contributed by atoms with Crippen molar-refractivity contribution in [3.63, 3.8) is 0 Å². The fourth-order valence-electron chi connectivity index (χ4n) is 4.58. The molecular weight excluding hydrogens is 379 g/mol. The molecule has 2 aliphatic rings. The van der Waals surface area contributed by atoms with Crippen LogP contribution in [0.25, 0.3) is 0 Å². The van der Waals surface area contributed by atoms with E-state index in [-0.39, 0.29) is 5.56 Å². The Hall–Kier alpha value is -3.10. The van der Waals surface area contributed by atoms with Crippen LogP contribution < -0.4 is 10.2 Å². The lowest BCUT2D eigenvalue weighted by molar-refractivity contribution is -0.735. The number of fused-ring (bicyclic) bond motifs is 1. The van der Waals surface area contributed by atoms with Gasteiger partial charge >= 0.3 is 5.97 Å². The van der Waals surface area contributed by atoms with E-state index in [0.29, 0.717) is 5.69 Å². The smallest absolute Gasteiger partial charge is 0.371 e. The van der Waals surface area contributed by atoms with Crippen molar-refractivity contribution in [2.45, 2.75) is 11.6 Å². The Morgan fingerprint density at radius 2 is 1.79 bits per heavy atom. The summed E-state index contributed by atoms with van der Waals surface area (Å²) in [6.07, 6.45) is 0. The molecule has 0 aromatic heterocycles. The van der Waals surface area contributed by atoms with Crippen molar-refractivity contribution in [2.24, 2.45) is 11.8 Å². The first-order valence-electron chi connectivity index (χ1n) is 9.19. The number of imide groups is 1. The van der Waals surface area contributed by atoms with Crippen LogP contribution in [0, 0.1) is 17.7 Å². The van der Waals surface area contributed by atoms with Crippen LogP contribution in [0.3, 0.4) is 0 Å². The summed E-state index contributed by atoms with van der Waals surface area (Å²) in [5, 5.41) is 11.6. The molecule has 0 spiro atoms. The van der Waals surface area contributed by atoms with E-state index in [2.05, 4.69) is 0 Å². The zero-order valence-corrected chi connectivity index (χ0v) is 15.6. The van der Waals surface area contributed by atoms with Crippen LogP contribution in [-0.4, -0.2) is 42.1 Å². The number of nitrogens with two attached hydrogens (primary N) is 1. The van der Waals surface area contributed by atoms with Crippen molar-refractivity contribution in [1.82, 2.24) is 0 Å². The SMILES string of the molecule is COC(=O)[C@@]1(CO)[NH2+][C@@H](c2ccccc2F)[C@H]2C(=O)N(c3ccccc3)C(=O)[C@H]21. The largest absolute Gasteiger partial charge is 0.464 e. The number of quaternary nitrogens is 1. The molecule has 2 aromatic carbocycles. The molecule has 2 heterocycles. The number of benzene rings is 2. The molecule has 2 aromatic rings. The highest BCUT2D eigenvalue weighted by Gasteiger charge is 2.73. The minimum atomic E-state index is -1.73. The van der Waals surface area contributed by atoms with Gasteiger partial charge in [0.1, 0.15) is 30.3 Å². The molecule has 0 unspecified atom stereocenters. The monoisotopic (exact) mass is 399 g/mol. The van der Waals surface area contributed by atoms with Crippen LogP contribution in [0.15, 0.2) is 54.6 Å². The molecule has 2 amide bonds. The summed E-state index contributed by atoms with van der Waals surface area (Å²) in [6, 6.07) is 13.4. The van der Waals surface area contributed by atoms with Gasteiger partial charge in [-0.2, -0.15) is 0 Å². The van der Waals surface area contributed by atoms with Crippen LogP contribution in [0.5, 0.6) is 0 Å². The lowest BCUT2D eigenvalue weighted by Crippen LogP contribution is -2.99. The van der Waals surface area contributed by atoms with Gasteiger partial charge in [-0.1, -0.05) is 36.4 Å². The number of carbonyl (C=O) groups excluding carboxylic acids is 3. The van der Waals surface area contributed by atoms with Crippen molar-refractivity contribution in [3.8, 4) is 0 Å². The average Bonchev–Trinajstić information content (AvgIpc) is 3.23. The molecule has 4 rings (SSSR count). The lowest BCUT2D eigenvalue weighted by Gasteiger charge is -2.27. The quantitative estimate of drug-likeness (QED) is 0.563. The summed E-state index contributed by atoms with van der Waals surface area (Å²) in [6.45, 7) is -0.729. The van der Waals surface area contributed by atoms with Crippen LogP contribution in [0.4, 0.5) is 10.1 Å². The Morgan fingerprint density at radius 1 is 1.14 bits per heavy atom. The first-order valence-corrected chi connectivity index (χ1v) is 9.19. The summed E-state index contributed by atoms with van der Waals surface area (Å²) in [7, 11) is 1.15. The highest BCUT2D eigenvalue weighted by molar-refractivity contribution is 6.23. The second-order valence-corrected chi connectivity index (χ2v) is 7.25. The zero-order valence-electron chi connectivity index (χ0n) is 15.6. The fourth-order valence-corrected chi connectivity index (χ4v) is 4.58. The van der Waals surface area contributed by atoms with Crippen molar-refractivity contribution < 1.29 is 33.9 Å². The number of halogens is 1. The summed E-state index contributed by atoms with van der Waals surface area (Å²) < 4.78 is 19.4. The standard InChI is InChI=1S/C21H19FN2O5/c1-29-20(28)21(11-25)16-15(17(23-21)13-9-5-6-10-14(13)22)18(26)24(19(16)27)12-7-3-2-4-8-12/h2-10,15-17,23,25H,11H2,1H3/p+1/t15-,16-,17-,21-/m0/s1. The molecule has 2 saturated heterocycles. The van der Waals surface area contributed by atoms with E-state index >= 15 is 0 Å². The number of aliphatic hydroxyl groups is 1. The van der Waals surface area contributed by atoms with Crippen LogP contribution >= 0.6 is 0 Å². The van der Waals surface area contributed by atoms with Crippen molar-refractivity contribution in [1.29, 1.82) is 0 Å². The van der Waals surface area contributed by atoms with Crippen molar-refractivity contribution in [2.75, 3.05) is 18.6 Å². The van der Waals surface area contributed by atoms with Gasteiger partial charge < -0.3 is 15.2 Å². The number of amides is 2. The molecule has 8 heteroatoms. The molecule has 0 bridgehead atoms. The molecule has 150 valence electrons. The third kappa shape index (κ3) is 2.67. The second kappa shape index (κ2) is 7.06. The number of rotatable bonds is 4. The Bertz CT molecular complexity index is 982. The first kappa shape index (κ1) is 19.2. The van der Waals surface area contributed by atoms with Gasteiger partial charge in [0.25, 0.3) is 0 Å². The number of carbonyl (C=O) groups is 3. The predicted octanol–water partition coefficient (Wildman–Crippen LogP) is 0.154. The number of aliphatic hydroxyl groups excluding tert-OH is 1. The molecule has 3 N–H and O–H groups in total. The Kier molecular flexibility index (Phi) is 4.68. The number of para-hydroxylation sites is 1. The number of esters is 1.